The number of carbonyl (C=O) groups is 6. The first kappa shape index (κ1) is 47.1. The number of hydrogen-bond donors (Lipinski definition) is 4. The van der Waals surface area contributed by atoms with Crippen LogP contribution < -0.4 is 51.2 Å². The van der Waals surface area contributed by atoms with E-state index in [9.17, 15) is 28.8 Å². The zero-order chi connectivity index (χ0) is 38.6. The number of nitrogens with two attached hydrogens (primary N) is 1. The fraction of sp³-hybridized carbons (Fsp3) is 0.500. The van der Waals surface area contributed by atoms with Gasteiger partial charge in [-0.15, -0.1) is 0 Å². The van der Waals surface area contributed by atoms with E-state index in [1.807, 2.05) is 18.2 Å². The Morgan fingerprint density at radius 3 is 1.68 bits per heavy atom. The first-order chi connectivity index (χ1) is 24.7. The molecule has 0 aliphatic carbocycles. The predicted octanol–water partition coefficient (Wildman–Crippen LogP) is 0.177. The number of hydrogen-bond acceptors (Lipinski definition) is 13. The third kappa shape index (κ3) is 19.1. The topological polar surface area (TPSA) is 199 Å². The minimum Gasteiger partial charge on any atom is -0.793 e. The largest absolute Gasteiger partial charge is 1.00 e. The van der Waals surface area contributed by atoms with Crippen molar-refractivity contribution in [3.05, 3.63) is 47.5 Å². The van der Waals surface area contributed by atoms with Gasteiger partial charge in [-0.3, -0.25) is 19.2 Å². The Morgan fingerprint density at radius 1 is 0.774 bits per heavy atom. The van der Waals surface area contributed by atoms with Gasteiger partial charge in [0, 0.05) is 88.6 Å². The molecule has 0 unspecified atom stereocenters. The van der Waals surface area contributed by atoms with Gasteiger partial charge in [0.2, 0.25) is 17.8 Å². The van der Waals surface area contributed by atoms with E-state index in [1.165, 1.54) is 32.9 Å². The predicted molar refractivity (Wildman–Crippen MR) is 198 cm³/mol. The maximum Gasteiger partial charge on any atom is 1.00 e. The van der Waals surface area contributed by atoms with Crippen LogP contribution in [-0.2, 0) is 56.0 Å². The van der Waals surface area contributed by atoms with Crippen molar-refractivity contribution in [3.63, 3.8) is 0 Å². The van der Waals surface area contributed by atoms with Gasteiger partial charge in [0.1, 0.15) is 5.78 Å². The van der Waals surface area contributed by atoms with Gasteiger partial charge in [0.15, 0.2) is 0 Å². The Balaban J connectivity index is 0.000000357. The molecule has 4 aliphatic heterocycles. The summed E-state index contributed by atoms with van der Waals surface area (Å²) < 4.78 is 3.61. The number of likely N-dealkylation sites (tertiary alicyclic amines) is 2. The molecule has 0 atom stereocenters. The van der Waals surface area contributed by atoms with E-state index in [1.54, 1.807) is 6.07 Å². The van der Waals surface area contributed by atoms with Gasteiger partial charge in [0.05, 0.1) is 12.8 Å². The summed E-state index contributed by atoms with van der Waals surface area (Å²) in [4.78, 5) is 74.5. The summed E-state index contributed by atoms with van der Waals surface area (Å²) in [7, 11) is 4.32. The Hall–Kier alpha value is -3.96. The van der Waals surface area contributed by atoms with Crippen molar-refractivity contribution in [2.24, 2.45) is 0 Å². The second-order valence-corrected chi connectivity index (χ2v) is 12.3. The van der Waals surface area contributed by atoms with Crippen molar-refractivity contribution in [1.82, 2.24) is 9.80 Å². The van der Waals surface area contributed by atoms with Crippen LogP contribution in [0.25, 0.3) is 0 Å². The average molecular weight is 746 g/mol. The van der Waals surface area contributed by atoms with Crippen molar-refractivity contribution in [2.45, 2.75) is 79.2 Å². The molecule has 17 heteroatoms. The van der Waals surface area contributed by atoms with Gasteiger partial charge in [-0.1, -0.05) is 13.8 Å². The van der Waals surface area contributed by atoms with E-state index in [-0.39, 0.29) is 41.4 Å². The summed E-state index contributed by atoms with van der Waals surface area (Å²) in [6.07, 6.45) is 4.91. The number of Topliss-reactive ketones (excluding diaryl/α,β-unsaturated/α-hetero) is 1. The number of benzene rings is 2. The normalized spacial score (nSPS) is 15.8. The van der Waals surface area contributed by atoms with Crippen molar-refractivity contribution in [3.8, 4) is 0 Å². The van der Waals surface area contributed by atoms with Crippen molar-refractivity contribution >= 4 is 66.3 Å². The molecule has 15 nitrogen and oxygen atoms in total. The van der Waals surface area contributed by atoms with Gasteiger partial charge in [-0.05, 0) is 73.5 Å². The van der Waals surface area contributed by atoms with E-state index in [2.05, 4.69) is 74.2 Å². The van der Waals surface area contributed by atoms with Crippen LogP contribution in [0.3, 0.4) is 0 Å². The number of ketones is 1. The standard InChI is InChI=1S/C15H21N3O.C8H8N2O.C7H13NO.C4H6O4.C2H3BO2.Na/c1-2-18-7-5-12(6-8-18)16-13-3-4-14-11(9-13)10-15(19)17-14;9-6-1-2-7-5(3-6)4-8(11)10-7;1-2-8-5-3-7(9)4-6-8;1-3(5)7-8-4(2)6;1-2(4)5-3;/h3-4,9,12,16H,2,5-8,10H2,1H3,(H,17,19);1-3H,4,9H2,(H,10,11);2-6H2,1H3;1-2H3;1H3;/q;;;;-1;+1. The number of nitrogens with zero attached hydrogens (tertiary/aromatic N) is 2. The molecular weight excluding hydrogens is 694 g/mol. The first-order valence-electron chi connectivity index (χ1n) is 17.3. The average Bonchev–Trinajstić information content (AvgIpc) is 3.68. The smallest absolute Gasteiger partial charge is 0.793 e. The molecule has 5 N–H and O–H groups in total. The van der Waals surface area contributed by atoms with Gasteiger partial charge in [0.25, 0.3) is 0 Å². The summed E-state index contributed by atoms with van der Waals surface area (Å²) >= 11 is 0. The van der Waals surface area contributed by atoms with Crippen LogP contribution in [0, 0.1) is 0 Å². The molecule has 3 radical (unpaired) electrons. The molecule has 0 aromatic heterocycles. The molecule has 53 heavy (non-hydrogen) atoms. The van der Waals surface area contributed by atoms with E-state index in [0.717, 1.165) is 81.1 Å². The SMILES string of the molecule is CC(=O)OOC(C)=O.CCN1CCC(=O)CC1.CCN1CCC(Nc2ccc3c(c2)CC(=O)N3)CC1.Nc1ccc2c(c1)CC(=O)N2.[B-]OC(C)=O.[Na+]. The van der Waals surface area contributed by atoms with E-state index in [0.29, 0.717) is 30.4 Å². The third-order valence-electron chi connectivity index (χ3n) is 8.19. The zero-order valence-corrected chi connectivity index (χ0v) is 33.8. The third-order valence-corrected chi connectivity index (χ3v) is 8.19. The van der Waals surface area contributed by atoms with Crippen LogP contribution in [-0.4, -0.2) is 98.7 Å². The Bertz CT molecular complexity index is 1510. The second-order valence-electron chi connectivity index (χ2n) is 12.3. The molecule has 6 rings (SSSR count). The van der Waals surface area contributed by atoms with E-state index < -0.39 is 17.9 Å². The van der Waals surface area contributed by atoms with Crippen LogP contribution in [0.15, 0.2) is 36.4 Å². The Labute approximate surface area is 335 Å². The van der Waals surface area contributed by atoms with Gasteiger partial charge in [-0.25, -0.2) is 19.4 Å². The summed E-state index contributed by atoms with van der Waals surface area (Å²) in [5.74, 6) is -1.17. The molecule has 0 saturated carbocycles. The number of carbonyl (C=O) groups excluding carboxylic acids is 6. The second kappa shape index (κ2) is 25.1. The molecule has 4 heterocycles. The number of fused-ring (bicyclic) bond motifs is 2. The molecule has 2 saturated heterocycles. The van der Waals surface area contributed by atoms with Crippen LogP contribution in [0.5, 0.6) is 0 Å². The van der Waals surface area contributed by atoms with Crippen LogP contribution >= 0.6 is 0 Å². The number of anilines is 4. The molecule has 2 amide bonds. The maximum atomic E-state index is 11.3. The van der Waals surface area contributed by atoms with Gasteiger partial charge in [-0.2, -0.15) is 0 Å². The quantitative estimate of drug-likeness (QED) is 0.143. The summed E-state index contributed by atoms with van der Waals surface area (Å²) in [5.41, 5.74) is 11.4. The molecule has 0 spiro atoms. The number of piperidine rings is 2. The van der Waals surface area contributed by atoms with Crippen molar-refractivity contribution < 1.29 is 72.8 Å². The number of amides is 2. The van der Waals surface area contributed by atoms with Crippen LogP contribution in [0.2, 0.25) is 0 Å². The Kier molecular flexibility index (Phi) is 22.3. The molecule has 283 valence electrons. The van der Waals surface area contributed by atoms with Gasteiger partial charge >= 0.3 is 41.5 Å². The zero-order valence-electron chi connectivity index (χ0n) is 31.8. The molecular formula is C36H51BN6NaO9. The minimum absolute atomic E-state index is 0. The van der Waals surface area contributed by atoms with Crippen molar-refractivity contribution in [1.29, 1.82) is 0 Å². The van der Waals surface area contributed by atoms with Crippen molar-refractivity contribution in [2.75, 3.05) is 61.0 Å². The fourth-order valence-corrected chi connectivity index (χ4v) is 5.43. The Morgan fingerprint density at radius 2 is 1.23 bits per heavy atom. The molecule has 2 aromatic rings. The molecule has 2 fully saturated rings. The van der Waals surface area contributed by atoms with E-state index >= 15 is 0 Å². The summed E-state index contributed by atoms with van der Waals surface area (Å²) in [6.45, 7) is 14.4. The number of nitrogen functional groups attached to an aromatic ring is 1. The molecule has 2 aromatic carbocycles. The number of rotatable bonds is 4. The van der Waals surface area contributed by atoms with Crippen LogP contribution in [0.4, 0.5) is 22.7 Å². The monoisotopic (exact) mass is 745 g/mol. The summed E-state index contributed by atoms with van der Waals surface area (Å²) in [6, 6.07) is 12.2. The van der Waals surface area contributed by atoms with Gasteiger partial charge < -0.3 is 44.2 Å². The maximum absolute atomic E-state index is 11.3. The molecule has 0 bridgehead atoms. The first-order valence-corrected chi connectivity index (χ1v) is 17.3. The summed E-state index contributed by atoms with van der Waals surface area (Å²) in [5, 5.41) is 9.20. The fourth-order valence-electron chi connectivity index (χ4n) is 5.43. The van der Waals surface area contributed by atoms with Crippen LogP contribution in [0.1, 0.15) is 71.4 Å². The van der Waals surface area contributed by atoms with E-state index in [4.69, 9.17) is 5.73 Å². The molecule has 4 aliphatic rings. The minimum atomic E-state index is -0.639. The number of nitrogens with one attached hydrogen (secondary N) is 3.